The van der Waals surface area contributed by atoms with Crippen molar-refractivity contribution in [3.63, 3.8) is 0 Å². The van der Waals surface area contributed by atoms with Gasteiger partial charge >= 0.3 is 0 Å². The van der Waals surface area contributed by atoms with Crippen LogP contribution in [-0.4, -0.2) is 61.8 Å². The summed E-state index contributed by atoms with van der Waals surface area (Å²) in [5, 5.41) is 11.5. The SMILES string of the molecule is NCc1ccccc1[C@](O)(C(N)=O)[C@H]1OCCN(c2cccc(N3CCOCC3=O)c2)C1=O. The van der Waals surface area contributed by atoms with E-state index in [4.69, 9.17) is 20.9 Å². The second-order valence-electron chi connectivity index (χ2n) is 7.85. The molecule has 174 valence electrons. The van der Waals surface area contributed by atoms with Crippen LogP contribution in [0.5, 0.6) is 0 Å². The van der Waals surface area contributed by atoms with E-state index in [1.807, 2.05) is 0 Å². The van der Waals surface area contributed by atoms with Gasteiger partial charge in [0.05, 0.1) is 13.2 Å². The number of amides is 3. The predicted molar refractivity (Wildman–Crippen MR) is 119 cm³/mol. The molecule has 10 heteroatoms. The van der Waals surface area contributed by atoms with Crippen LogP contribution in [0.15, 0.2) is 48.5 Å². The minimum Gasteiger partial charge on any atom is -0.373 e. The molecule has 0 bridgehead atoms. The highest BCUT2D eigenvalue weighted by Crippen LogP contribution is 2.34. The number of hydrogen-bond acceptors (Lipinski definition) is 7. The summed E-state index contributed by atoms with van der Waals surface area (Å²) in [6.07, 6.45) is -1.56. The molecule has 2 fully saturated rings. The van der Waals surface area contributed by atoms with Crippen LogP contribution in [-0.2, 0) is 36.0 Å². The fourth-order valence-corrected chi connectivity index (χ4v) is 4.23. The van der Waals surface area contributed by atoms with Crippen LogP contribution in [0.4, 0.5) is 11.4 Å². The Morgan fingerprint density at radius 3 is 2.45 bits per heavy atom. The summed E-state index contributed by atoms with van der Waals surface area (Å²) in [6, 6.07) is 13.4. The number of carbonyl (C=O) groups excluding carboxylic acids is 3. The first-order valence-corrected chi connectivity index (χ1v) is 10.6. The monoisotopic (exact) mass is 454 g/mol. The van der Waals surface area contributed by atoms with Crippen molar-refractivity contribution in [2.24, 2.45) is 11.5 Å². The molecule has 5 N–H and O–H groups in total. The summed E-state index contributed by atoms with van der Waals surface area (Å²) in [5.41, 5.74) is 10.7. The molecule has 2 atom stereocenters. The number of ether oxygens (including phenoxy) is 2. The molecule has 0 unspecified atom stereocenters. The van der Waals surface area contributed by atoms with Gasteiger partial charge in [-0.1, -0.05) is 30.3 Å². The zero-order valence-electron chi connectivity index (χ0n) is 18.0. The van der Waals surface area contributed by atoms with E-state index in [0.29, 0.717) is 30.1 Å². The average molecular weight is 454 g/mol. The smallest absolute Gasteiger partial charge is 0.260 e. The zero-order chi connectivity index (χ0) is 23.6. The van der Waals surface area contributed by atoms with Gasteiger partial charge in [-0.25, -0.2) is 0 Å². The topological polar surface area (TPSA) is 148 Å². The molecular weight excluding hydrogens is 428 g/mol. The second-order valence-corrected chi connectivity index (χ2v) is 7.85. The molecule has 2 saturated heterocycles. The Labute approximate surface area is 190 Å². The third-order valence-electron chi connectivity index (χ3n) is 5.93. The molecule has 0 aliphatic carbocycles. The highest BCUT2D eigenvalue weighted by molar-refractivity contribution is 6.03. The third-order valence-corrected chi connectivity index (χ3v) is 5.93. The summed E-state index contributed by atoms with van der Waals surface area (Å²) in [5.74, 6) is -1.91. The van der Waals surface area contributed by atoms with E-state index in [2.05, 4.69) is 0 Å². The van der Waals surface area contributed by atoms with Gasteiger partial charge in [0.15, 0.2) is 6.10 Å². The van der Waals surface area contributed by atoms with Gasteiger partial charge in [-0.2, -0.15) is 0 Å². The number of aliphatic hydroxyl groups is 1. The minimum absolute atomic E-state index is 0.00498. The summed E-state index contributed by atoms with van der Waals surface area (Å²) in [6.45, 7) is 1.11. The molecule has 2 aliphatic heterocycles. The Kier molecular flexibility index (Phi) is 6.43. The molecule has 0 radical (unpaired) electrons. The lowest BCUT2D eigenvalue weighted by molar-refractivity contribution is -0.171. The maximum atomic E-state index is 13.5. The molecular formula is C23H26N4O6. The van der Waals surface area contributed by atoms with Crippen molar-refractivity contribution in [2.45, 2.75) is 18.2 Å². The quantitative estimate of drug-likeness (QED) is 0.538. The predicted octanol–water partition coefficient (Wildman–Crippen LogP) is -0.387. The van der Waals surface area contributed by atoms with Crippen LogP contribution in [0.25, 0.3) is 0 Å². The Morgan fingerprint density at radius 2 is 1.76 bits per heavy atom. The van der Waals surface area contributed by atoms with Gasteiger partial charge in [0.25, 0.3) is 17.7 Å². The highest BCUT2D eigenvalue weighted by atomic mass is 16.5. The van der Waals surface area contributed by atoms with Gasteiger partial charge < -0.3 is 35.8 Å². The second kappa shape index (κ2) is 9.28. The van der Waals surface area contributed by atoms with Gasteiger partial charge in [0.1, 0.15) is 6.61 Å². The first kappa shape index (κ1) is 22.9. The number of morpholine rings is 2. The number of anilines is 2. The van der Waals surface area contributed by atoms with E-state index in [9.17, 15) is 19.5 Å². The first-order chi connectivity index (χ1) is 15.9. The molecule has 2 heterocycles. The van der Waals surface area contributed by atoms with Crippen molar-refractivity contribution in [1.82, 2.24) is 0 Å². The van der Waals surface area contributed by atoms with E-state index in [-0.39, 0.29) is 37.8 Å². The standard InChI is InChI=1S/C23H26N4O6/c24-13-15-4-1-2-7-18(15)23(31,22(25)30)20-21(29)27(9-11-33-20)17-6-3-5-16(12-17)26-8-10-32-14-19(26)28/h1-7,12,20,31H,8-11,13-14,24H2,(H2,25,30)/t20-,23+/m0/s1. The van der Waals surface area contributed by atoms with Gasteiger partial charge in [0.2, 0.25) is 5.60 Å². The zero-order valence-corrected chi connectivity index (χ0v) is 18.0. The normalized spacial score (nSPS) is 21.1. The molecule has 33 heavy (non-hydrogen) atoms. The van der Waals surface area contributed by atoms with Crippen LogP contribution in [0.1, 0.15) is 11.1 Å². The van der Waals surface area contributed by atoms with Crippen molar-refractivity contribution in [1.29, 1.82) is 0 Å². The molecule has 0 saturated carbocycles. The summed E-state index contributed by atoms with van der Waals surface area (Å²) in [4.78, 5) is 41.2. The van der Waals surface area contributed by atoms with E-state index in [1.165, 1.54) is 11.0 Å². The number of nitrogens with two attached hydrogens (primary N) is 2. The van der Waals surface area contributed by atoms with Crippen LogP contribution in [0.3, 0.4) is 0 Å². The third kappa shape index (κ3) is 4.09. The van der Waals surface area contributed by atoms with Crippen LogP contribution in [0.2, 0.25) is 0 Å². The molecule has 2 aliphatic rings. The number of benzene rings is 2. The lowest BCUT2D eigenvalue weighted by atomic mass is 9.83. The summed E-state index contributed by atoms with van der Waals surface area (Å²) in [7, 11) is 0. The lowest BCUT2D eigenvalue weighted by Gasteiger charge is -2.40. The van der Waals surface area contributed by atoms with Gasteiger partial charge in [0, 0.05) is 36.6 Å². The Hall–Kier alpha value is -3.31. The Morgan fingerprint density at radius 1 is 1.06 bits per heavy atom. The molecule has 2 aromatic carbocycles. The highest BCUT2D eigenvalue weighted by Gasteiger charge is 2.53. The van der Waals surface area contributed by atoms with E-state index < -0.39 is 23.5 Å². The summed E-state index contributed by atoms with van der Waals surface area (Å²) >= 11 is 0. The first-order valence-electron chi connectivity index (χ1n) is 10.6. The van der Waals surface area contributed by atoms with Crippen molar-refractivity contribution in [2.75, 3.05) is 42.7 Å². The number of nitrogens with zero attached hydrogens (tertiary/aromatic N) is 2. The molecule has 4 rings (SSSR count). The number of carbonyl (C=O) groups is 3. The fourth-order valence-electron chi connectivity index (χ4n) is 4.23. The molecule has 10 nitrogen and oxygen atoms in total. The van der Waals surface area contributed by atoms with E-state index in [0.717, 1.165) is 0 Å². The molecule has 3 amide bonds. The Balaban J connectivity index is 1.69. The van der Waals surface area contributed by atoms with Crippen LogP contribution < -0.4 is 21.3 Å². The van der Waals surface area contributed by atoms with Crippen LogP contribution >= 0.6 is 0 Å². The molecule has 2 aromatic rings. The van der Waals surface area contributed by atoms with Gasteiger partial charge in [-0.15, -0.1) is 0 Å². The molecule has 0 aromatic heterocycles. The average Bonchev–Trinajstić information content (AvgIpc) is 2.84. The fraction of sp³-hybridized carbons (Fsp3) is 0.348. The van der Waals surface area contributed by atoms with E-state index in [1.54, 1.807) is 47.4 Å². The minimum atomic E-state index is -2.41. The van der Waals surface area contributed by atoms with Crippen molar-refractivity contribution >= 4 is 29.1 Å². The molecule has 0 spiro atoms. The number of primary amides is 1. The largest absolute Gasteiger partial charge is 0.373 e. The number of hydrogen-bond donors (Lipinski definition) is 3. The van der Waals surface area contributed by atoms with Gasteiger partial charge in [-0.3, -0.25) is 14.4 Å². The van der Waals surface area contributed by atoms with Crippen molar-refractivity contribution in [3.05, 3.63) is 59.7 Å². The lowest BCUT2D eigenvalue weighted by Crippen LogP contribution is -2.61. The number of rotatable bonds is 6. The Bertz CT molecular complexity index is 1080. The maximum Gasteiger partial charge on any atom is 0.260 e. The summed E-state index contributed by atoms with van der Waals surface area (Å²) < 4.78 is 10.8. The van der Waals surface area contributed by atoms with Crippen LogP contribution in [0, 0.1) is 0 Å². The van der Waals surface area contributed by atoms with Crippen molar-refractivity contribution < 1.29 is 29.0 Å². The van der Waals surface area contributed by atoms with Crippen molar-refractivity contribution in [3.8, 4) is 0 Å². The maximum absolute atomic E-state index is 13.5. The van der Waals surface area contributed by atoms with Gasteiger partial charge in [-0.05, 0) is 23.8 Å². The van der Waals surface area contributed by atoms with E-state index >= 15 is 0 Å².